The number of aromatic nitrogens is 2. The third-order valence-electron chi connectivity index (χ3n) is 6.32. The predicted octanol–water partition coefficient (Wildman–Crippen LogP) is 6.46. The number of unbranched alkanes of at least 4 members (excludes halogenated alkanes) is 1. The van der Waals surface area contributed by atoms with Crippen molar-refractivity contribution < 1.29 is 9.53 Å². The minimum Gasteiger partial charge on any atom is -0.493 e. The maximum atomic E-state index is 12.3. The number of para-hydroxylation sites is 2. The predicted molar refractivity (Wildman–Crippen MR) is 147 cm³/mol. The molecule has 0 atom stereocenters. The van der Waals surface area contributed by atoms with Gasteiger partial charge in [-0.15, -0.1) is 0 Å². The zero-order chi connectivity index (χ0) is 25.3. The molecule has 6 heteroatoms. The van der Waals surface area contributed by atoms with Crippen LogP contribution in [0.15, 0.2) is 66.7 Å². The Morgan fingerprint density at radius 1 is 1.00 bits per heavy atom. The van der Waals surface area contributed by atoms with Gasteiger partial charge in [0.05, 0.1) is 24.1 Å². The molecule has 0 radical (unpaired) electrons. The monoisotopic (exact) mass is 503 g/mol. The highest BCUT2D eigenvalue weighted by atomic mass is 35.5. The van der Waals surface area contributed by atoms with Crippen LogP contribution >= 0.6 is 11.6 Å². The lowest BCUT2D eigenvalue weighted by molar-refractivity contribution is -0.120. The highest BCUT2D eigenvalue weighted by Crippen LogP contribution is 2.21. The van der Waals surface area contributed by atoms with Crippen molar-refractivity contribution in [2.24, 2.45) is 0 Å². The summed E-state index contributed by atoms with van der Waals surface area (Å²) in [6, 6.07) is 22.0. The normalized spacial score (nSPS) is 11.1. The number of nitrogens with one attached hydrogen (secondary N) is 1. The number of fused-ring (bicyclic) bond motifs is 1. The Labute approximate surface area is 218 Å². The van der Waals surface area contributed by atoms with Crippen molar-refractivity contribution in [1.82, 2.24) is 14.9 Å². The van der Waals surface area contributed by atoms with Crippen molar-refractivity contribution in [2.45, 2.75) is 52.5 Å². The maximum absolute atomic E-state index is 12.3. The zero-order valence-corrected chi connectivity index (χ0v) is 21.9. The Kier molecular flexibility index (Phi) is 9.01. The van der Waals surface area contributed by atoms with Crippen molar-refractivity contribution in [3.05, 3.63) is 94.3 Å². The van der Waals surface area contributed by atoms with Crippen LogP contribution < -0.4 is 10.1 Å². The average Bonchev–Trinajstić information content (AvgIpc) is 3.22. The molecule has 1 aromatic heterocycles. The largest absolute Gasteiger partial charge is 0.493 e. The van der Waals surface area contributed by atoms with E-state index in [0.717, 1.165) is 60.4 Å². The molecule has 36 heavy (non-hydrogen) atoms. The van der Waals surface area contributed by atoms with E-state index in [-0.39, 0.29) is 5.91 Å². The summed E-state index contributed by atoms with van der Waals surface area (Å²) in [7, 11) is 0. The SMILES string of the molecule is Cc1ccc(C)c(OCCCCn2c(CCCNC(=O)Cc3ccccc3Cl)nc3ccccc32)c1. The molecule has 1 amide bonds. The number of benzene rings is 3. The topological polar surface area (TPSA) is 56.1 Å². The summed E-state index contributed by atoms with van der Waals surface area (Å²) in [6.07, 6.45) is 3.90. The van der Waals surface area contributed by atoms with Gasteiger partial charge < -0.3 is 14.6 Å². The van der Waals surface area contributed by atoms with Crippen LogP contribution in [0.25, 0.3) is 11.0 Å². The second kappa shape index (κ2) is 12.6. The number of carbonyl (C=O) groups excluding carboxylic acids is 1. The summed E-state index contributed by atoms with van der Waals surface area (Å²) < 4.78 is 8.35. The van der Waals surface area contributed by atoms with E-state index in [4.69, 9.17) is 21.3 Å². The molecule has 0 unspecified atom stereocenters. The molecule has 0 aliphatic carbocycles. The molecule has 1 heterocycles. The van der Waals surface area contributed by atoms with Crippen LogP contribution in [0.2, 0.25) is 5.02 Å². The van der Waals surface area contributed by atoms with Crippen LogP contribution in [0.3, 0.4) is 0 Å². The molecule has 0 fully saturated rings. The average molecular weight is 504 g/mol. The third-order valence-corrected chi connectivity index (χ3v) is 6.69. The number of rotatable bonds is 12. The van der Waals surface area contributed by atoms with Crippen LogP contribution in [-0.2, 0) is 24.2 Å². The number of imidazole rings is 1. The molecule has 0 aliphatic heterocycles. The molecular weight excluding hydrogens is 470 g/mol. The smallest absolute Gasteiger partial charge is 0.224 e. The lowest BCUT2D eigenvalue weighted by Gasteiger charge is -2.12. The Balaban J connectivity index is 1.27. The number of ether oxygens (including phenoxy) is 1. The van der Waals surface area contributed by atoms with E-state index in [1.807, 2.05) is 30.3 Å². The van der Waals surface area contributed by atoms with Gasteiger partial charge >= 0.3 is 0 Å². The van der Waals surface area contributed by atoms with Crippen molar-refractivity contribution in [3.8, 4) is 5.75 Å². The second-order valence-electron chi connectivity index (χ2n) is 9.21. The molecule has 0 bridgehead atoms. The summed E-state index contributed by atoms with van der Waals surface area (Å²) in [5, 5.41) is 3.64. The summed E-state index contributed by atoms with van der Waals surface area (Å²) >= 11 is 6.17. The van der Waals surface area contributed by atoms with Crippen molar-refractivity contribution in [1.29, 1.82) is 0 Å². The van der Waals surface area contributed by atoms with Crippen LogP contribution in [0.5, 0.6) is 5.75 Å². The molecule has 3 aromatic carbocycles. The standard InChI is InChI=1S/C30H34ClN3O2/c1-22-15-16-23(2)28(20-22)36-19-8-7-18-34-27-13-6-5-12-26(27)33-29(34)14-9-17-32-30(35)21-24-10-3-4-11-25(24)31/h3-6,10-13,15-16,20H,7-9,14,17-19,21H2,1-2H3,(H,32,35). The number of amides is 1. The van der Waals surface area contributed by atoms with E-state index in [9.17, 15) is 4.79 Å². The van der Waals surface area contributed by atoms with Crippen molar-refractivity contribution in [3.63, 3.8) is 0 Å². The molecular formula is C30H34ClN3O2. The van der Waals surface area contributed by atoms with Crippen molar-refractivity contribution in [2.75, 3.05) is 13.2 Å². The highest BCUT2D eigenvalue weighted by molar-refractivity contribution is 6.31. The van der Waals surface area contributed by atoms with E-state index in [1.165, 1.54) is 11.1 Å². The summed E-state index contributed by atoms with van der Waals surface area (Å²) in [5.41, 5.74) is 5.40. The van der Waals surface area contributed by atoms with Crippen LogP contribution in [-0.4, -0.2) is 28.6 Å². The summed E-state index contributed by atoms with van der Waals surface area (Å²) in [6.45, 7) is 6.37. The van der Waals surface area contributed by atoms with Crippen LogP contribution in [0.4, 0.5) is 0 Å². The van der Waals surface area contributed by atoms with Gasteiger partial charge in [0, 0.05) is 24.5 Å². The van der Waals surface area contributed by atoms with Gasteiger partial charge in [-0.2, -0.15) is 0 Å². The molecule has 4 rings (SSSR count). The molecule has 0 spiro atoms. The van der Waals surface area contributed by atoms with Crippen molar-refractivity contribution >= 4 is 28.5 Å². The second-order valence-corrected chi connectivity index (χ2v) is 9.62. The minimum absolute atomic E-state index is 0.0135. The first-order valence-corrected chi connectivity index (χ1v) is 13.0. The summed E-state index contributed by atoms with van der Waals surface area (Å²) in [4.78, 5) is 17.2. The number of hydrogen-bond donors (Lipinski definition) is 1. The Bertz CT molecular complexity index is 1310. The van der Waals surface area contributed by atoms with Gasteiger partial charge in [0.1, 0.15) is 11.6 Å². The van der Waals surface area contributed by atoms with E-state index in [0.29, 0.717) is 24.6 Å². The van der Waals surface area contributed by atoms with Crippen LogP contribution in [0, 0.1) is 13.8 Å². The fourth-order valence-corrected chi connectivity index (χ4v) is 4.54. The summed E-state index contributed by atoms with van der Waals surface area (Å²) in [5.74, 6) is 2.02. The third kappa shape index (κ3) is 6.88. The number of aryl methyl sites for hydroxylation is 4. The van der Waals surface area contributed by atoms with Gasteiger partial charge in [0.25, 0.3) is 0 Å². The number of halogens is 1. The highest BCUT2D eigenvalue weighted by Gasteiger charge is 2.11. The van der Waals surface area contributed by atoms with E-state index < -0.39 is 0 Å². The fourth-order valence-electron chi connectivity index (χ4n) is 4.33. The van der Waals surface area contributed by atoms with Gasteiger partial charge in [-0.05, 0) is 74.1 Å². The Morgan fingerprint density at radius 3 is 2.67 bits per heavy atom. The van der Waals surface area contributed by atoms with Gasteiger partial charge in [-0.3, -0.25) is 4.79 Å². The molecule has 5 nitrogen and oxygen atoms in total. The number of hydrogen-bond acceptors (Lipinski definition) is 3. The van der Waals surface area contributed by atoms with E-state index in [1.54, 1.807) is 0 Å². The lowest BCUT2D eigenvalue weighted by Crippen LogP contribution is -2.26. The zero-order valence-electron chi connectivity index (χ0n) is 21.1. The molecule has 4 aromatic rings. The molecule has 1 N–H and O–H groups in total. The van der Waals surface area contributed by atoms with Gasteiger partial charge in [0.2, 0.25) is 5.91 Å². The molecule has 0 aliphatic rings. The molecule has 0 saturated carbocycles. The fraction of sp³-hybridized carbons (Fsp3) is 0.333. The lowest BCUT2D eigenvalue weighted by atomic mass is 10.1. The number of nitrogens with zero attached hydrogens (tertiary/aromatic N) is 2. The Morgan fingerprint density at radius 2 is 1.81 bits per heavy atom. The molecule has 0 saturated heterocycles. The van der Waals surface area contributed by atoms with E-state index >= 15 is 0 Å². The quantitative estimate of drug-likeness (QED) is 0.226. The first-order valence-electron chi connectivity index (χ1n) is 12.7. The first-order chi connectivity index (χ1) is 17.5. The number of carbonyl (C=O) groups is 1. The van der Waals surface area contributed by atoms with E-state index in [2.05, 4.69) is 60.1 Å². The molecule has 188 valence electrons. The Hall–Kier alpha value is -3.31. The van der Waals surface area contributed by atoms with Gasteiger partial charge in [-0.25, -0.2) is 4.98 Å². The van der Waals surface area contributed by atoms with Crippen LogP contribution in [0.1, 0.15) is 41.8 Å². The first kappa shape index (κ1) is 25.8. The minimum atomic E-state index is -0.0135. The van der Waals surface area contributed by atoms with Gasteiger partial charge in [0.15, 0.2) is 0 Å². The van der Waals surface area contributed by atoms with Gasteiger partial charge in [-0.1, -0.05) is 54.1 Å². The maximum Gasteiger partial charge on any atom is 0.224 e.